The Kier molecular flexibility index (Phi) is 5.39. The summed E-state index contributed by atoms with van der Waals surface area (Å²) in [6.45, 7) is 1.43. The molecule has 2 fully saturated rings. The molecule has 1 aromatic carbocycles. The van der Waals surface area contributed by atoms with Crippen LogP contribution in [0, 0.1) is 23.5 Å². The van der Waals surface area contributed by atoms with E-state index < -0.39 is 23.0 Å². The number of piperidine rings is 1. The van der Waals surface area contributed by atoms with Gasteiger partial charge in [-0.15, -0.1) is 0 Å². The summed E-state index contributed by atoms with van der Waals surface area (Å²) in [5, 5.41) is 13.2. The number of halogens is 2. The Hall–Kier alpha value is -4.58. The number of rotatable bonds is 5. The molecule has 10 nitrogen and oxygen atoms in total. The number of hydrogen-bond acceptors (Lipinski definition) is 7. The van der Waals surface area contributed by atoms with Crippen molar-refractivity contribution in [3.05, 3.63) is 58.1 Å². The molecule has 2 unspecified atom stereocenters. The first-order valence-electron chi connectivity index (χ1n) is 13.2. The quantitative estimate of drug-likeness (QED) is 0.299. The van der Waals surface area contributed by atoms with E-state index in [9.17, 15) is 19.1 Å². The lowest BCUT2D eigenvalue weighted by Gasteiger charge is -2.27. The van der Waals surface area contributed by atoms with Crippen LogP contribution >= 0.6 is 0 Å². The molecule has 1 aliphatic carbocycles. The van der Waals surface area contributed by atoms with Crippen LogP contribution in [0.2, 0.25) is 0 Å². The number of aromatic carboxylic acids is 1. The maximum Gasteiger partial charge on any atom is 0.341 e. The van der Waals surface area contributed by atoms with E-state index in [0.29, 0.717) is 75.7 Å². The molecule has 1 saturated heterocycles. The number of H-pyrrole nitrogens is 1. The third-order valence-corrected chi connectivity index (χ3v) is 8.65. The average Bonchev–Trinajstić information content (AvgIpc) is 3.26. The van der Waals surface area contributed by atoms with Crippen LogP contribution in [0.1, 0.15) is 10.4 Å². The minimum Gasteiger partial charge on any atom is -0.477 e. The molecule has 5 heterocycles. The summed E-state index contributed by atoms with van der Waals surface area (Å²) in [6, 6.07) is 3.18. The summed E-state index contributed by atoms with van der Waals surface area (Å²) in [5.74, 6) is -2.42. The summed E-state index contributed by atoms with van der Waals surface area (Å²) >= 11 is 0. The van der Waals surface area contributed by atoms with Gasteiger partial charge in [-0.1, -0.05) is 0 Å². The molecule has 5 aromatic rings. The van der Waals surface area contributed by atoms with Gasteiger partial charge in [0.1, 0.15) is 16.9 Å². The predicted octanol–water partition coefficient (Wildman–Crippen LogP) is 3.64. The van der Waals surface area contributed by atoms with Gasteiger partial charge in [0, 0.05) is 69.0 Å². The molecule has 0 bridgehead atoms. The highest BCUT2D eigenvalue weighted by atomic mass is 19.2. The zero-order valence-corrected chi connectivity index (χ0v) is 22.8. The Morgan fingerprint density at radius 2 is 1.88 bits per heavy atom. The SMILES string of the molecule is CNc1cc(F)c(F)c2c1[nH]c1ncc(-c3cnc4c(c3)c(=O)c(C(=O)O)cn4C)c(N3CC4C(N(C)C)[C@H]4C3)c12. The number of anilines is 2. The van der Waals surface area contributed by atoms with E-state index in [0.717, 1.165) is 6.07 Å². The van der Waals surface area contributed by atoms with Crippen LogP contribution in [0.5, 0.6) is 0 Å². The van der Waals surface area contributed by atoms with Crippen LogP contribution in [0.4, 0.5) is 20.2 Å². The number of carbonyl (C=O) groups is 1. The van der Waals surface area contributed by atoms with E-state index in [-0.39, 0.29) is 16.3 Å². The number of hydrogen-bond donors (Lipinski definition) is 3. The maximum atomic E-state index is 15.6. The lowest BCUT2D eigenvalue weighted by molar-refractivity contribution is 0.0695. The van der Waals surface area contributed by atoms with E-state index >= 15 is 4.39 Å². The molecular weight excluding hydrogens is 532 g/mol. The van der Waals surface area contributed by atoms with Crippen LogP contribution in [-0.2, 0) is 7.05 Å². The molecule has 4 aromatic heterocycles. The fourth-order valence-electron chi connectivity index (χ4n) is 6.79. The topological polar surface area (TPSA) is 119 Å². The molecule has 41 heavy (non-hydrogen) atoms. The first-order chi connectivity index (χ1) is 19.6. The molecular formula is C29H27F2N7O3. The van der Waals surface area contributed by atoms with Gasteiger partial charge in [0.25, 0.3) is 0 Å². The zero-order valence-electron chi connectivity index (χ0n) is 22.8. The molecule has 3 atom stereocenters. The van der Waals surface area contributed by atoms with Gasteiger partial charge < -0.3 is 29.8 Å². The van der Waals surface area contributed by atoms with Crippen LogP contribution in [0.3, 0.4) is 0 Å². The fraction of sp³-hybridized carbons (Fsp3) is 0.310. The standard InChI is InChI=1S/C29H27F2N7O3/c1-32-19-6-18(30)22(31)20-21-25(38-10-15-16(11-38)24(15)36(2)3)14(8-33-27(21)35-23(19)20)12-5-13-26(39)17(29(40)41)9-37(4)28(13)34-7-12/h5-9,15-16,24,32H,10-11H2,1-4H3,(H,33,35)(H,40,41)/t15-,16?,24?/m0/s1. The monoisotopic (exact) mass is 559 g/mol. The second-order valence-corrected chi connectivity index (χ2v) is 11.2. The van der Waals surface area contributed by atoms with Gasteiger partial charge in [0.2, 0.25) is 5.43 Å². The number of pyridine rings is 3. The van der Waals surface area contributed by atoms with Gasteiger partial charge in [0.05, 0.1) is 33.1 Å². The first kappa shape index (κ1) is 25.4. The van der Waals surface area contributed by atoms with Crippen molar-refractivity contribution in [1.29, 1.82) is 0 Å². The highest BCUT2D eigenvalue weighted by molar-refractivity contribution is 6.18. The minimum atomic E-state index is -1.33. The molecule has 2 aliphatic rings. The normalized spacial score (nSPS) is 20.0. The second kappa shape index (κ2) is 8.71. The van der Waals surface area contributed by atoms with E-state index in [1.54, 1.807) is 32.6 Å². The molecule has 12 heteroatoms. The number of aromatic nitrogens is 4. The lowest BCUT2D eigenvalue weighted by Crippen LogP contribution is -2.31. The van der Waals surface area contributed by atoms with Crippen LogP contribution in [0.15, 0.2) is 35.5 Å². The summed E-state index contributed by atoms with van der Waals surface area (Å²) in [6.07, 6.45) is 4.49. The van der Waals surface area contributed by atoms with Gasteiger partial charge >= 0.3 is 5.97 Å². The van der Waals surface area contributed by atoms with Crippen molar-refractivity contribution in [3.63, 3.8) is 0 Å². The molecule has 1 aliphatic heterocycles. The third kappa shape index (κ3) is 3.56. The van der Waals surface area contributed by atoms with E-state index in [4.69, 9.17) is 0 Å². The molecule has 0 spiro atoms. The van der Waals surface area contributed by atoms with Gasteiger partial charge in [-0.2, -0.15) is 0 Å². The van der Waals surface area contributed by atoms with Crippen LogP contribution in [0.25, 0.3) is 44.1 Å². The van der Waals surface area contributed by atoms with Crippen molar-refractivity contribution in [2.45, 2.75) is 6.04 Å². The molecule has 210 valence electrons. The van der Waals surface area contributed by atoms with Gasteiger partial charge in [-0.3, -0.25) is 4.79 Å². The number of benzene rings is 1. The van der Waals surface area contributed by atoms with Crippen LogP contribution in [-0.4, -0.2) is 75.8 Å². The molecule has 0 amide bonds. The number of aryl methyl sites for hydroxylation is 1. The number of carboxylic acids is 1. The Morgan fingerprint density at radius 3 is 2.54 bits per heavy atom. The predicted molar refractivity (Wildman–Crippen MR) is 153 cm³/mol. The first-order valence-corrected chi connectivity index (χ1v) is 13.2. The van der Waals surface area contributed by atoms with Gasteiger partial charge in [-0.05, 0) is 32.0 Å². The van der Waals surface area contributed by atoms with E-state index in [1.165, 1.54) is 10.8 Å². The zero-order chi connectivity index (χ0) is 28.9. The Bertz CT molecular complexity index is 1990. The Balaban J connectivity index is 1.52. The van der Waals surface area contributed by atoms with Crippen molar-refractivity contribution in [3.8, 4) is 11.1 Å². The summed E-state index contributed by atoms with van der Waals surface area (Å²) in [4.78, 5) is 41.5. The number of carboxylic acid groups (broad SMARTS) is 1. The smallest absolute Gasteiger partial charge is 0.341 e. The van der Waals surface area contributed by atoms with Crippen molar-refractivity contribution in [1.82, 2.24) is 24.4 Å². The summed E-state index contributed by atoms with van der Waals surface area (Å²) < 4.78 is 31.9. The largest absolute Gasteiger partial charge is 0.477 e. The average molecular weight is 560 g/mol. The molecule has 0 radical (unpaired) electrons. The van der Waals surface area contributed by atoms with Gasteiger partial charge in [0.15, 0.2) is 11.6 Å². The van der Waals surface area contributed by atoms with Crippen molar-refractivity contribution < 1.29 is 18.7 Å². The molecule has 1 saturated carbocycles. The second-order valence-electron chi connectivity index (χ2n) is 11.2. The highest BCUT2D eigenvalue weighted by Crippen LogP contribution is 2.52. The summed E-state index contributed by atoms with van der Waals surface area (Å²) in [7, 11) is 7.39. The number of fused-ring (bicyclic) bond motifs is 5. The maximum absolute atomic E-state index is 15.6. The number of nitrogens with one attached hydrogen (secondary N) is 2. The van der Waals surface area contributed by atoms with Crippen molar-refractivity contribution >= 4 is 50.3 Å². The number of nitrogens with zero attached hydrogens (tertiary/aromatic N) is 5. The van der Waals surface area contributed by atoms with E-state index in [1.807, 2.05) is 0 Å². The lowest BCUT2D eigenvalue weighted by atomic mass is 10.0. The minimum absolute atomic E-state index is 0.0938. The fourth-order valence-corrected chi connectivity index (χ4v) is 6.79. The summed E-state index contributed by atoms with van der Waals surface area (Å²) in [5.41, 5.74) is 2.31. The van der Waals surface area contributed by atoms with Gasteiger partial charge in [-0.25, -0.2) is 23.5 Å². The molecule has 7 rings (SSSR count). The Labute approximate surface area is 232 Å². The highest BCUT2D eigenvalue weighted by Gasteiger charge is 2.57. The van der Waals surface area contributed by atoms with Crippen molar-refractivity contribution in [2.24, 2.45) is 18.9 Å². The Morgan fingerprint density at radius 1 is 1.15 bits per heavy atom. The van der Waals surface area contributed by atoms with E-state index in [2.05, 4.69) is 44.2 Å². The van der Waals surface area contributed by atoms with Crippen molar-refractivity contribution in [2.75, 3.05) is 44.4 Å². The number of aromatic amines is 1. The molecule has 3 N–H and O–H groups in total. The third-order valence-electron chi connectivity index (χ3n) is 8.65. The van der Waals surface area contributed by atoms with Crippen LogP contribution < -0.4 is 15.6 Å².